The van der Waals surface area contributed by atoms with E-state index in [9.17, 15) is 19.2 Å². The Morgan fingerprint density at radius 2 is 1.74 bits per heavy atom. The van der Waals surface area contributed by atoms with Crippen molar-refractivity contribution < 1.29 is 23.9 Å². The van der Waals surface area contributed by atoms with Crippen LogP contribution in [0, 0.1) is 20.8 Å². The molecule has 8 heteroatoms. The summed E-state index contributed by atoms with van der Waals surface area (Å²) in [6.45, 7) is 8.96. The summed E-state index contributed by atoms with van der Waals surface area (Å²) in [5, 5.41) is 2.64. The predicted molar refractivity (Wildman–Crippen MR) is 114 cm³/mol. The van der Waals surface area contributed by atoms with Crippen LogP contribution in [0.15, 0.2) is 30.3 Å². The van der Waals surface area contributed by atoms with Gasteiger partial charge in [0.2, 0.25) is 5.78 Å². The normalized spacial score (nSPS) is 18.3. The van der Waals surface area contributed by atoms with Gasteiger partial charge in [-0.1, -0.05) is 29.8 Å². The van der Waals surface area contributed by atoms with E-state index < -0.39 is 36.6 Å². The fourth-order valence-electron chi connectivity index (χ4n) is 3.89. The maximum Gasteiger partial charge on any atom is 0.326 e. The summed E-state index contributed by atoms with van der Waals surface area (Å²) < 4.78 is 7.07. The van der Waals surface area contributed by atoms with Crippen LogP contribution in [-0.2, 0) is 26.4 Å². The number of ether oxygens (including phenoxy) is 1. The molecule has 1 fully saturated rings. The molecule has 1 aromatic carbocycles. The number of aromatic nitrogens is 1. The Balaban J connectivity index is 1.64. The third kappa shape index (κ3) is 4.10. The average molecular weight is 425 g/mol. The molecular formula is C23H27N3O5. The molecule has 2 heterocycles. The molecule has 1 atom stereocenters. The Hall–Kier alpha value is -3.42. The lowest BCUT2D eigenvalue weighted by Gasteiger charge is -2.22. The number of urea groups is 1. The first-order valence-corrected chi connectivity index (χ1v) is 10.1. The number of aryl methyl sites for hydroxylation is 2. The molecule has 8 nitrogen and oxygen atoms in total. The minimum atomic E-state index is -1.27. The van der Waals surface area contributed by atoms with Crippen LogP contribution in [-0.4, -0.2) is 46.3 Å². The van der Waals surface area contributed by atoms with Crippen molar-refractivity contribution in [2.45, 2.75) is 46.7 Å². The molecule has 0 saturated carbocycles. The lowest BCUT2D eigenvalue weighted by atomic mass is 9.91. The van der Waals surface area contributed by atoms with Crippen molar-refractivity contribution in [3.8, 4) is 0 Å². The number of nitrogens with one attached hydrogen (secondary N) is 1. The number of benzene rings is 1. The molecule has 1 saturated heterocycles. The maximum atomic E-state index is 12.9. The van der Waals surface area contributed by atoms with E-state index in [2.05, 4.69) is 5.32 Å². The minimum Gasteiger partial charge on any atom is -0.456 e. The third-order valence-corrected chi connectivity index (χ3v) is 5.75. The second kappa shape index (κ2) is 8.37. The van der Waals surface area contributed by atoms with Crippen LogP contribution in [0.1, 0.15) is 46.7 Å². The molecule has 1 aliphatic heterocycles. The highest BCUT2D eigenvalue weighted by Gasteiger charge is 2.49. The van der Waals surface area contributed by atoms with Gasteiger partial charge in [0.15, 0.2) is 6.61 Å². The molecular weight excluding hydrogens is 398 g/mol. The van der Waals surface area contributed by atoms with E-state index in [0.717, 1.165) is 28.4 Å². The number of Topliss-reactive ketones (excluding diaryl/α,β-unsaturated/α-hetero) is 1. The zero-order valence-electron chi connectivity index (χ0n) is 18.4. The summed E-state index contributed by atoms with van der Waals surface area (Å²) in [4.78, 5) is 50.8. The second-order valence-electron chi connectivity index (χ2n) is 7.93. The quantitative estimate of drug-likeness (QED) is 0.418. The molecule has 0 unspecified atom stereocenters. The van der Waals surface area contributed by atoms with Crippen LogP contribution in [0.25, 0.3) is 0 Å². The van der Waals surface area contributed by atoms with Crippen LogP contribution in [0.2, 0.25) is 0 Å². The topological polar surface area (TPSA) is 97.7 Å². The van der Waals surface area contributed by atoms with Crippen molar-refractivity contribution in [1.29, 1.82) is 0 Å². The van der Waals surface area contributed by atoms with Gasteiger partial charge < -0.3 is 14.6 Å². The second-order valence-corrected chi connectivity index (χ2v) is 7.93. The Bertz CT molecular complexity index is 1050. The van der Waals surface area contributed by atoms with Crippen molar-refractivity contribution in [3.05, 3.63) is 58.4 Å². The number of imide groups is 1. The van der Waals surface area contributed by atoms with Crippen molar-refractivity contribution in [3.63, 3.8) is 0 Å². The molecule has 3 rings (SSSR count). The molecule has 1 aliphatic rings. The first-order chi connectivity index (χ1) is 14.6. The van der Waals surface area contributed by atoms with E-state index in [1.165, 1.54) is 0 Å². The summed E-state index contributed by atoms with van der Waals surface area (Å²) in [5.41, 5.74) is 2.63. The van der Waals surface area contributed by atoms with Crippen LogP contribution >= 0.6 is 0 Å². The maximum absolute atomic E-state index is 12.9. The number of hydrogen-bond donors (Lipinski definition) is 1. The average Bonchev–Trinajstić information content (AvgIpc) is 3.13. The molecule has 2 aromatic rings. The predicted octanol–water partition coefficient (Wildman–Crippen LogP) is 2.63. The summed E-state index contributed by atoms with van der Waals surface area (Å²) in [6.07, 6.45) is 0. The Morgan fingerprint density at radius 1 is 1.10 bits per heavy atom. The fraction of sp³-hybridized carbons (Fsp3) is 0.391. The first kappa shape index (κ1) is 22.3. The molecule has 0 radical (unpaired) electrons. The number of amides is 3. The number of ketones is 1. The van der Waals surface area contributed by atoms with Crippen molar-refractivity contribution in [2.24, 2.45) is 0 Å². The van der Waals surface area contributed by atoms with Gasteiger partial charge in [-0.15, -0.1) is 0 Å². The largest absolute Gasteiger partial charge is 0.456 e. The van der Waals surface area contributed by atoms with Crippen molar-refractivity contribution in [1.82, 2.24) is 14.8 Å². The highest BCUT2D eigenvalue weighted by atomic mass is 16.5. The van der Waals surface area contributed by atoms with Gasteiger partial charge in [-0.2, -0.15) is 0 Å². The van der Waals surface area contributed by atoms with Crippen LogP contribution in [0.4, 0.5) is 4.79 Å². The van der Waals surface area contributed by atoms with Crippen LogP contribution in [0.5, 0.6) is 0 Å². The Labute approximate surface area is 181 Å². The summed E-state index contributed by atoms with van der Waals surface area (Å²) in [5.74, 6) is -1.70. The Morgan fingerprint density at radius 3 is 2.32 bits per heavy atom. The molecule has 164 valence electrons. The number of carbonyl (C=O) groups excluding carboxylic acids is 4. The molecule has 0 bridgehead atoms. The lowest BCUT2D eigenvalue weighted by molar-refractivity contribution is -0.146. The van der Waals surface area contributed by atoms with E-state index >= 15 is 0 Å². The molecule has 1 aromatic heterocycles. The number of rotatable bonds is 7. The highest BCUT2D eigenvalue weighted by molar-refractivity contribution is 6.09. The van der Waals surface area contributed by atoms with Crippen LogP contribution in [0.3, 0.4) is 0 Å². The van der Waals surface area contributed by atoms with Gasteiger partial charge in [0.1, 0.15) is 12.1 Å². The highest BCUT2D eigenvalue weighted by Crippen LogP contribution is 2.29. The first-order valence-electron chi connectivity index (χ1n) is 10.1. The van der Waals surface area contributed by atoms with Gasteiger partial charge in [-0.05, 0) is 46.2 Å². The van der Waals surface area contributed by atoms with Crippen molar-refractivity contribution >= 4 is 23.7 Å². The smallest absolute Gasteiger partial charge is 0.326 e. The zero-order chi connectivity index (χ0) is 22.9. The summed E-state index contributed by atoms with van der Waals surface area (Å²) in [6, 6.07) is 8.31. The molecule has 0 aliphatic carbocycles. The SMILES string of the molecule is CCn1c(C)cc(C(=O)COC(=O)CN2C(=O)N[C@@](C)(c3ccc(C)cc3)C2=O)c1C. The van der Waals surface area contributed by atoms with Gasteiger partial charge >= 0.3 is 12.0 Å². The standard InChI is InChI=1S/C23H27N3O5/c1-6-25-15(3)11-18(16(25)4)19(27)13-31-20(28)12-26-21(29)23(5,24-22(26)30)17-9-7-14(2)8-10-17/h7-11H,6,12-13H2,1-5H3,(H,24,30)/t23-/m0/s1. The zero-order valence-corrected chi connectivity index (χ0v) is 18.4. The number of carbonyl (C=O) groups is 4. The minimum absolute atomic E-state index is 0.331. The molecule has 3 amide bonds. The fourth-order valence-corrected chi connectivity index (χ4v) is 3.89. The van der Waals surface area contributed by atoms with E-state index in [0.29, 0.717) is 11.1 Å². The summed E-state index contributed by atoms with van der Waals surface area (Å²) >= 11 is 0. The van der Waals surface area contributed by atoms with Gasteiger partial charge in [-0.25, -0.2) is 4.79 Å². The molecule has 0 spiro atoms. The van der Waals surface area contributed by atoms with Crippen molar-refractivity contribution in [2.75, 3.05) is 13.2 Å². The Kier molecular flexibility index (Phi) is 6.01. The third-order valence-electron chi connectivity index (χ3n) is 5.75. The van der Waals surface area contributed by atoms with Gasteiger partial charge in [0.25, 0.3) is 5.91 Å². The molecule has 31 heavy (non-hydrogen) atoms. The monoisotopic (exact) mass is 425 g/mol. The number of nitrogens with zero attached hydrogens (tertiary/aromatic N) is 2. The summed E-state index contributed by atoms with van der Waals surface area (Å²) in [7, 11) is 0. The van der Waals surface area contributed by atoms with E-state index in [1.807, 2.05) is 44.4 Å². The van der Waals surface area contributed by atoms with Gasteiger partial charge in [-0.3, -0.25) is 19.3 Å². The number of hydrogen-bond acceptors (Lipinski definition) is 5. The number of esters is 1. The van der Waals surface area contributed by atoms with E-state index in [-0.39, 0.29) is 5.78 Å². The lowest BCUT2D eigenvalue weighted by Crippen LogP contribution is -2.41. The van der Waals surface area contributed by atoms with Crippen LogP contribution < -0.4 is 5.32 Å². The van der Waals surface area contributed by atoms with E-state index in [4.69, 9.17) is 4.74 Å². The van der Waals surface area contributed by atoms with Gasteiger partial charge in [0.05, 0.1) is 0 Å². The van der Waals surface area contributed by atoms with Gasteiger partial charge in [0, 0.05) is 23.5 Å². The molecule has 1 N–H and O–H groups in total. The van der Waals surface area contributed by atoms with E-state index in [1.54, 1.807) is 25.1 Å².